The lowest BCUT2D eigenvalue weighted by Crippen LogP contribution is -2.30. The molecule has 0 aliphatic carbocycles. The number of hydrogen-bond donors (Lipinski definition) is 0. The van der Waals surface area contributed by atoms with Gasteiger partial charge in [0.15, 0.2) is 22.7 Å². The Hall–Kier alpha value is -3.58. The zero-order chi connectivity index (χ0) is 22.2. The van der Waals surface area contributed by atoms with E-state index in [1.54, 1.807) is 6.26 Å². The molecule has 2 aliphatic rings. The van der Waals surface area contributed by atoms with E-state index in [1.165, 1.54) is 0 Å². The van der Waals surface area contributed by atoms with Gasteiger partial charge in [0.05, 0.1) is 17.7 Å². The lowest BCUT2D eigenvalue weighted by molar-refractivity contribution is 0.174. The largest absolute Gasteiger partial charge is 0.464 e. The Morgan fingerprint density at radius 3 is 2.88 bits per heavy atom. The highest BCUT2D eigenvalue weighted by Crippen LogP contribution is 2.38. The number of benzene rings is 2. The van der Waals surface area contributed by atoms with Gasteiger partial charge in [0.1, 0.15) is 11.3 Å². The molecule has 0 radical (unpaired) electrons. The van der Waals surface area contributed by atoms with E-state index in [1.807, 2.05) is 48.5 Å². The molecule has 0 N–H and O–H groups in total. The maximum absolute atomic E-state index is 13.1. The Morgan fingerprint density at radius 2 is 1.91 bits per heavy atom. The fourth-order valence-electron chi connectivity index (χ4n) is 4.77. The summed E-state index contributed by atoms with van der Waals surface area (Å²) in [5.41, 5.74) is 3.09. The summed E-state index contributed by atoms with van der Waals surface area (Å²) in [4.78, 5) is 15.4. The highest BCUT2D eigenvalue weighted by Gasteiger charge is 2.27. The predicted octanol–water partition coefficient (Wildman–Crippen LogP) is 5.29. The Morgan fingerprint density at radius 1 is 1.00 bits per heavy atom. The molecule has 4 aromatic rings. The van der Waals surface area contributed by atoms with Crippen molar-refractivity contribution in [2.24, 2.45) is 0 Å². The van der Waals surface area contributed by atoms with Crippen LogP contribution in [0.25, 0.3) is 22.3 Å². The second kappa shape index (κ2) is 8.41. The molecule has 1 unspecified atom stereocenters. The molecule has 1 saturated heterocycles. The van der Waals surface area contributed by atoms with Crippen LogP contribution in [0.1, 0.15) is 43.0 Å². The zero-order valence-electron chi connectivity index (χ0n) is 18.2. The number of hydrogen-bond acceptors (Lipinski definition) is 7. The van der Waals surface area contributed by atoms with Gasteiger partial charge in [-0.3, -0.25) is 9.69 Å². The van der Waals surface area contributed by atoms with Crippen molar-refractivity contribution in [3.63, 3.8) is 0 Å². The van der Waals surface area contributed by atoms with Crippen LogP contribution < -0.4 is 14.9 Å². The van der Waals surface area contributed by atoms with Crippen molar-refractivity contribution >= 4 is 11.0 Å². The zero-order valence-corrected chi connectivity index (χ0v) is 18.2. The van der Waals surface area contributed by atoms with Gasteiger partial charge < -0.3 is 18.4 Å². The molecular weight excluding hydrogens is 420 g/mol. The molecule has 0 saturated carbocycles. The van der Waals surface area contributed by atoms with E-state index in [9.17, 15) is 4.79 Å². The van der Waals surface area contributed by atoms with Crippen molar-refractivity contribution in [2.45, 2.75) is 38.3 Å². The van der Waals surface area contributed by atoms with Crippen molar-refractivity contribution in [3.8, 4) is 22.8 Å². The molecule has 0 amide bonds. The van der Waals surface area contributed by atoms with E-state index >= 15 is 0 Å². The minimum Gasteiger partial charge on any atom is -0.464 e. The van der Waals surface area contributed by atoms with E-state index in [0.717, 1.165) is 49.2 Å². The number of rotatable bonds is 4. The van der Waals surface area contributed by atoms with Crippen LogP contribution >= 0.6 is 0 Å². The normalized spacial score (nSPS) is 18.5. The Kier molecular flexibility index (Phi) is 5.11. The molecule has 6 rings (SSSR count). The summed E-state index contributed by atoms with van der Waals surface area (Å²) in [5.74, 6) is 2.14. The Labute approximate surface area is 190 Å². The number of likely N-dealkylation sites (tertiary alicyclic amines) is 1. The van der Waals surface area contributed by atoms with E-state index in [0.29, 0.717) is 34.6 Å². The highest BCUT2D eigenvalue weighted by molar-refractivity contribution is 5.76. The summed E-state index contributed by atoms with van der Waals surface area (Å²) in [6.07, 6.45) is 5.92. The average molecular weight is 444 g/mol. The van der Waals surface area contributed by atoms with Crippen LogP contribution in [0, 0.1) is 0 Å². The molecule has 7 nitrogen and oxygen atoms in total. The SMILES string of the molecule is O=c1c(CN2CCCCCC2c2cc(-c3ccc4c(c3)OCO4)on2)coc2ccccc12. The number of nitrogens with zero attached hydrogens (tertiary/aromatic N) is 2. The van der Waals surface area contributed by atoms with Crippen molar-refractivity contribution in [1.82, 2.24) is 10.1 Å². The number of para-hydroxylation sites is 1. The van der Waals surface area contributed by atoms with Gasteiger partial charge in [0.25, 0.3) is 0 Å². The highest BCUT2D eigenvalue weighted by atomic mass is 16.7. The number of ether oxygens (including phenoxy) is 2. The molecule has 2 aromatic carbocycles. The van der Waals surface area contributed by atoms with Gasteiger partial charge in [-0.2, -0.15) is 0 Å². The van der Waals surface area contributed by atoms with Crippen LogP contribution in [0.15, 0.2) is 68.5 Å². The van der Waals surface area contributed by atoms with Gasteiger partial charge in [-0.15, -0.1) is 0 Å². The summed E-state index contributed by atoms with van der Waals surface area (Å²) in [6.45, 7) is 1.65. The summed E-state index contributed by atoms with van der Waals surface area (Å²) >= 11 is 0. The molecule has 0 bridgehead atoms. The van der Waals surface area contributed by atoms with Crippen LogP contribution in [0.3, 0.4) is 0 Å². The Balaban J connectivity index is 1.30. The fourth-order valence-corrected chi connectivity index (χ4v) is 4.77. The summed E-state index contributed by atoms with van der Waals surface area (Å²) in [7, 11) is 0. The fraction of sp³-hybridized carbons (Fsp3) is 0.308. The third kappa shape index (κ3) is 3.78. The lowest BCUT2D eigenvalue weighted by Gasteiger charge is -2.28. The van der Waals surface area contributed by atoms with E-state index in [-0.39, 0.29) is 18.3 Å². The first kappa shape index (κ1) is 20.1. The quantitative estimate of drug-likeness (QED) is 0.423. The first-order valence-corrected chi connectivity index (χ1v) is 11.4. The monoisotopic (exact) mass is 444 g/mol. The first-order chi connectivity index (χ1) is 16.3. The summed E-state index contributed by atoms with van der Waals surface area (Å²) in [6, 6.07) is 15.2. The third-order valence-corrected chi connectivity index (χ3v) is 6.52. The first-order valence-electron chi connectivity index (χ1n) is 11.4. The topological polar surface area (TPSA) is 77.9 Å². The van der Waals surface area contributed by atoms with Crippen molar-refractivity contribution in [1.29, 1.82) is 0 Å². The predicted molar refractivity (Wildman–Crippen MR) is 122 cm³/mol. The van der Waals surface area contributed by atoms with Crippen LogP contribution in [-0.4, -0.2) is 23.4 Å². The van der Waals surface area contributed by atoms with E-state index < -0.39 is 0 Å². The van der Waals surface area contributed by atoms with Crippen LogP contribution in [0.4, 0.5) is 0 Å². The second-order valence-corrected chi connectivity index (χ2v) is 8.61. The molecule has 1 fully saturated rings. The standard InChI is InChI=1S/C26H24N2O5/c29-26-18(15-30-22-8-4-3-6-19(22)26)14-28-11-5-1-2-7-21(28)20-13-24(33-27-20)17-9-10-23-25(12-17)32-16-31-23/h3-4,6,8-10,12-13,15,21H,1-2,5,7,11,14,16H2. The number of aromatic nitrogens is 1. The van der Waals surface area contributed by atoms with Crippen molar-refractivity contribution < 1.29 is 18.4 Å². The van der Waals surface area contributed by atoms with E-state index in [4.69, 9.17) is 18.4 Å². The smallest absolute Gasteiger partial charge is 0.231 e. The van der Waals surface area contributed by atoms with Crippen LogP contribution in [-0.2, 0) is 6.54 Å². The van der Waals surface area contributed by atoms with Crippen LogP contribution in [0.2, 0.25) is 0 Å². The molecule has 7 heteroatoms. The molecule has 1 atom stereocenters. The molecule has 4 heterocycles. The number of fused-ring (bicyclic) bond motifs is 2. The summed E-state index contributed by atoms with van der Waals surface area (Å²) in [5, 5.41) is 5.04. The van der Waals surface area contributed by atoms with Crippen molar-refractivity contribution in [3.05, 3.63) is 76.3 Å². The molecule has 168 valence electrons. The van der Waals surface area contributed by atoms with Gasteiger partial charge in [-0.05, 0) is 49.7 Å². The molecule has 2 aromatic heterocycles. The lowest BCUT2D eigenvalue weighted by atomic mass is 10.0. The van der Waals surface area contributed by atoms with Gasteiger partial charge >= 0.3 is 0 Å². The van der Waals surface area contributed by atoms with Crippen LogP contribution in [0.5, 0.6) is 11.5 Å². The van der Waals surface area contributed by atoms with Crippen molar-refractivity contribution in [2.75, 3.05) is 13.3 Å². The molecule has 33 heavy (non-hydrogen) atoms. The van der Waals surface area contributed by atoms with Gasteiger partial charge in [-0.1, -0.05) is 30.1 Å². The molecule has 2 aliphatic heterocycles. The minimum absolute atomic E-state index is 0.0287. The summed E-state index contributed by atoms with van der Waals surface area (Å²) < 4.78 is 22.4. The second-order valence-electron chi connectivity index (χ2n) is 8.61. The molecule has 0 spiro atoms. The molecular formula is C26H24N2O5. The van der Waals surface area contributed by atoms with Gasteiger partial charge in [0.2, 0.25) is 6.79 Å². The maximum atomic E-state index is 13.1. The van der Waals surface area contributed by atoms with E-state index in [2.05, 4.69) is 10.1 Å². The third-order valence-electron chi connectivity index (χ3n) is 6.52. The van der Waals surface area contributed by atoms with Gasteiger partial charge in [-0.25, -0.2) is 0 Å². The Bertz CT molecular complexity index is 1360. The van der Waals surface area contributed by atoms with Gasteiger partial charge in [0, 0.05) is 23.7 Å². The maximum Gasteiger partial charge on any atom is 0.231 e. The average Bonchev–Trinajstić information content (AvgIpc) is 3.46. The minimum atomic E-state index is 0.0287.